The van der Waals surface area contributed by atoms with Crippen LogP contribution in [0.15, 0.2) is 18.2 Å². The minimum atomic E-state index is 0.312. The Balaban J connectivity index is -0.000000133. The van der Waals surface area contributed by atoms with E-state index in [9.17, 15) is 5.11 Å². The lowest BCUT2D eigenvalue weighted by molar-refractivity contribution is -0.106. The Labute approximate surface area is 157 Å². The van der Waals surface area contributed by atoms with Gasteiger partial charge in [0, 0.05) is 6.07 Å². The Kier molecular flexibility index (Phi) is 34.2. The molecule has 25 heavy (non-hydrogen) atoms. The van der Waals surface area contributed by atoms with Gasteiger partial charge in [0.2, 0.25) is 0 Å². The third-order valence-electron chi connectivity index (χ3n) is 2.38. The number of benzene rings is 1. The summed E-state index contributed by atoms with van der Waals surface area (Å²) in [7, 11) is 1.58. The maximum absolute atomic E-state index is 9.34. The van der Waals surface area contributed by atoms with E-state index in [1.54, 1.807) is 13.2 Å². The van der Waals surface area contributed by atoms with E-state index in [1.165, 1.54) is 26.2 Å². The molecule has 0 radical (unpaired) electrons. The number of rotatable bonds is 4. The number of unbranched alkanes of at least 4 members (excludes halogenated alkanes) is 2. The molecule has 3 nitrogen and oxygen atoms in total. The van der Waals surface area contributed by atoms with Gasteiger partial charge >= 0.3 is 0 Å². The SMILES string of the molecule is CC.CC(C)C.CC=O.CCCCC.CCc1ccc(OC)cc1O. The van der Waals surface area contributed by atoms with Gasteiger partial charge in [-0.05, 0) is 30.9 Å². The van der Waals surface area contributed by atoms with Gasteiger partial charge in [0.1, 0.15) is 17.8 Å². The fraction of sp³-hybridized carbons (Fsp3) is 0.682. The highest BCUT2D eigenvalue weighted by Crippen LogP contribution is 2.23. The second-order valence-corrected chi connectivity index (χ2v) is 5.67. The van der Waals surface area contributed by atoms with Gasteiger partial charge in [-0.1, -0.05) is 80.7 Å². The van der Waals surface area contributed by atoms with Crippen molar-refractivity contribution in [2.75, 3.05) is 7.11 Å². The zero-order valence-corrected chi connectivity index (χ0v) is 18.5. The van der Waals surface area contributed by atoms with Gasteiger partial charge in [0.25, 0.3) is 0 Å². The largest absolute Gasteiger partial charge is 0.508 e. The van der Waals surface area contributed by atoms with E-state index >= 15 is 0 Å². The number of phenols is 1. The van der Waals surface area contributed by atoms with Gasteiger partial charge in [-0.15, -0.1) is 0 Å². The molecule has 150 valence electrons. The van der Waals surface area contributed by atoms with E-state index < -0.39 is 0 Å². The summed E-state index contributed by atoms with van der Waals surface area (Å²) in [5.74, 6) is 1.84. The van der Waals surface area contributed by atoms with E-state index in [-0.39, 0.29) is 0 Å². The Morgan fingerprint density at radius 2 is 1.48 bits per heavy atom. The Bertz CT molecular complexity index is 356. The molecular weight excluding hydrogens is 312 g/mol. The first-order chi connectivity index (χ1) is 11.8. The van der Waals surface area contributed by atoms with E-state index in [4.69, 9.17) is 9.53 Å². The molecule has 0 aromatic heterocycles. The summed E-state index contributed by atoms with van der Waals surface area (Å²) in [5, 5.41) is 9.34. The molecule has 1 N–H and O–H groups in total. The van der Waals surface area contributed by atoms with Gasteiger partial charge in [-0.2, -0.15) is 0 Å². The summed E-state index contributed by atoms with van der Waals surface area (Å²) in [5.41, 5.74) is 0.950. The smallest absolute Gasteiger partial charge is 0.122 e. The number of aryl methyl sites for hydroxylation is 1. The molecular formula is C22H44O3. The first-order valence-corrected chi connectivity index (χ1v) is 9.59. The predicted molar refractivity (Wildman–Crippen MR) is 113 cm³/mol. The van der Waals surface area contributed by atoms with Crippen LogP contribution in [0, 0.1) is 5.92 Å². The minimum Gasteiger partial charge on any atom is -0.508 e. The number of aldehydes is 1. The number of carbonyl (C=O) groups is 1. The molecule has 0 aliphatic rings. The zero-order valence-electron chi connectivity index (χ0n) is 18.5. The van der Waals surface area contributed by atoms with Crippen molar-refractivity contribution in [2.24, 2.45) is 5.92 Å². The quantitative estimate of drug-likeness (QED) is 0.588. The van der Waals surface area contributed by atoms with Crippen molar-refractivity contribution in [3.8, 4) is 11.5 Å². The highest BCUT2D eigenvalue weighted by Gasteiger charge is 1.99. The van der Waals surface area contributed by atoms with Gasteiger partial charge in [-0.25, -0.2) is 0 Å². The third-order valence-corrected chi connectivity index (χ3v) is 2.38. The van der Waals surface area contributed by atoms with E-state index in [2.05, 4.69) is 34.6 Å². The van der Waals surface area contributed by atoms with Crippen LogP contribution in [0.4, 0.5) is 0 Å². The average Bonchev–Trinajstić information content (AvgIpc) is 2.58. The van der Waals surface area contributed by atoms with Crippen LogP contribution < -0.4 is 4.74 Å². The van der Waals surface area contributed by atoms with E-state index in [1.807, 2.05) is 32.9 Å². The van der Waals surface area contributed by atoms with Crippen LogP contribution in [-0.4, -0.2) is 18.5 Å². The second kappa shape index (κ2) is 27.3. The summed E-state index contributed by atoms with van der Waals surface area (Å²) in [6.07, 6.45) is 5.67. The van der Waals surface area contributed by atoms with Crippen LogP contribution in [0.2, 0.25) is 0 Å². The second-order valence-electron chi connectivity index (χ2n) is 5.67. The van der Waals surface area contributed by atoms with E-state index in [0.29, 0.717) is 11.5 Å². The van der Waals surface area contributed by atoms with Crippen LogP contribution in [-0.2, 0) is 11.2 Å². The van der Waals surface area contributed by atoms with Crippen LogP contribution in [0.3, 0.4) is 0 Å². The first-order valence-electron chi connectivity index (χ1n) is 9.59. The van der Waals surface area contributed by atoms with Gasteiger partial charge in [0.15, 0.2) is 0 Å². The topological polar surface area (TPSA) is 46.5 Å². The number of aromatic hydroxyl groups is 1. The summed E-state index contributed by atoms with van der Waals surface area (Å²) >= 11 is 0. The molecule has 0 bridgehead atoms. The maximum atomic E-state index is 9.34. The zero-order chi connectivity index (χ0) is 20.7. The van der Waals surface area contributed by atoms with Crippen molar-refractivity contribution in [2.45, 2.75) is 88.0 Å². The third kappa shape index (κ3) is 30.9. The summed E-state index contributed by atoms with van der Waals surface area (Å²) in [4.78, 5) is 8.81. The molecule has 1 aromatic carbocycles. The molecule has 1 rings (SSSR count). The molecule has 0 spiro atoms. The van der Waals surface area contributed by atoms with Crippen LogP contribution in [0.1, 0.15) is 87.1 Å². The minimum absolute atomic E-state index is 0.312. The number of hydrogen-bond acceptors (Lipinski definition) is 3. The van der Waals surface area contributed by atoms with Gasteiger partial charge in [-0.3, -0.25) is 0 Å². The van der Waals surface area contributed by atoms with Crippen molar-refractivity contribution in [3.63, 3.8) is 0 Å². The Hall–Kier alpha value is -1.51. The molecule has 0 saturated carbocycles. The summed E-state index contributed by atoms with van der Waals surface area (Å²) in [6, 6.07) is 5.34. The van der Waals surface area contributed by atoms with Gasteiger partial charge in [0.05, 0.1) is 7.11 Å². The molecule has 0 unspecified atom stereocenters. The van der Waals surface area contributed by atoms with Gasteiger partial charge < -0.3 is 14.6 Å². The molecule has 3 heteroatoms. The normalized spacial score (nSPS) is 8.12. The number of carbonyl (C=O) groups excluding carboxylic acids is 1. The summed E-state index contributed by atoms with van der Waals surface area (Å²) < 4.78 is 4.93. The van der Waals surface area contributed by atoms with Crippen LogP contribution in [0.25, 0.3) is 0 Å². The highest BCUT2D eigenvalue weighted by molar-refractivity contribution is 5.44. The monoisotopic (exact) mass is 356 g/mol. The first kappa shape index (κ1) is 31.3. The summed E-state index contributed by atoms with van der Waals surface area (Å²) in [6.45, 7) is 18.4. The molecule has 0 aliphatic heterocycles. The lowest BCUT2D eigenvalue weighted by Crippen LogP contribution is -1.85. The number of ether oxygens (including phenoxy) is 1. The molecule has 0 heterocycles. The molecule has 0 amide bonds. The highest BCUT2D eigenvalue weighted by atomic mass is 16.5. The number of hydrogen-bond donors (Lipinski definition) is 1. The molecule has 0 fully saturated rings. The Morgan fingerprint density at radius 3 is 1.68 bits per heavy atom. The van der Waals surface area contributed by atoms with Crippen molar-refractivity contribution >= 4 is 6.29 Å². The lowest BCUT2D eigenvalue weighted by atomic mass is 10.1. The fourth-order valence-electron chi connectivity index (χ4n) is 1.32. The van der Waals surface area contributed by atoms with Crippen LogP contribution >= 0.6 is 0 Å². The van der Waals surface area contributed by atoms with Crippen LogP contribution in [0.5, 0.6) is 11.5 Å². The lowest BCUT2D eigenvalue weighted by Gasteiger charge is -2.03. The van der Waals surface area contributed by atoms with Crippen molar-refractivity contribution in [1.29, 1.82) is 0 Å². The van der Waals surface area contributed by atoms with Crippen molar-refractivity contribution < 1.29 is 14.6 Å². The number of methoxy groups -OCH3 is 1. The molecule has 0 saturated heterocycles. The molecule has 0 atom stereocenters. The average molecular weight is 357 g/mol. The van der Waals surface area contributed by atoms with Crippen molar-refractivity contribution in [3.05, 3.63) is 23.8 Å². The predicted octanol–water partition coefficient (Wildman–Crippen LogP) is 7.05. The number of phenolic OH excluding ortho intramolecular Hbond substituents is 1. The standard InChI is InChI=1S/C9H12O2.C5H12.C4H10.C2H4O.C2H6/c1-3-7-4-5-8(11-2)6-9(7)10;1-3-5-4-2;1-4(2)3;1-2-3;1-2/h4-6,10H,3H2,1-2H3;3-5H2,1-2H3;4H,1-3H3;2H,1H3;1-2H3. The van der Waals surface area contributed by atoms with E-state index in [0.717, 1.165) is 24.2 Å². The van der Waals surface area contributed by atoms with Crippen molar-refractivity contribution in [1.82, 2.24) is 0 Å². The fourth-order valence-corrected chi connectivity index (χ4v) is 1.32. The Morgan fingerprint density at radius 1 is 1.08 bits per heavy atom. The molecule has 1 aromatic rings. The molecule has 0 aliphatic carbocycles. The maximum Gasteiger partial charge on any atom is 0.122 e.